The highest BCUT2D eigenvalue weighted by atomic mass is 16.3. The molecule has 2 aromatic carbocycles. The van der Waals surface area contributed by atoms with Gasteiger partial charge in [-0.2, -0.15) is 0 Å². The normalized spacial score (nSPS) is 11.7. The number of carbonyl (C=O) groups is 1. The van der Waals surface area contributed by atoms with E-state index in [9.17, 15) is 9.90 Å². The van der Waals surface area contributed by atoms with Crippen molar-refractivity contribution in [2.45, 2.75) is 13.0 Å². The van der Waals surface area contributed by atoms with Crippen LogP contribution in [-0.2, 0) is 0 Å². The maximum atomic E-state index is 11.6. The van der Waals surface area contributed by atoms with E-state index in [2.05, 4.69) is 10.6 Å². The van der Waals surface area contributed by atoms with Crippen LogP contribution in [0.2, 0.25) is 0 Å². The third-order valence-corrected chi connectivity index (χ3v) is 3.14. The van der Waals surface area contributed by atoms with Gasteiger partial charge in [0.15, 0.2) is 0 Å². The molecule has 0 heterocycles. The van der Waals surface area contributed by atoms with E-state index in [-0.39, 0.29) is 17.7 Å². The average molecular weight is 270 g/mol. The van der Waals surface area contributed by atoms with Gasteiger partial charge in [0, 0.05) is 23.9 Å². The van der Waals surface area contributed by atoms with Crippen LogP contribution >= 0.6 is 0 Å². The van der Waals surface area contributed by atoms with Crippen LogP contribution in [0.4, 0.5) is 5.69 Å². The zero-order valence-corrected chi connectivity index (χ0v) is 11.6. The molecule has 0 saturated heterocycles. The van der Waals surface area contributed by atoms with E-state index >= 15 is 0 Å². The van der Waals surface area contributed by atoms with Gasteiger partial charge < -0.3 is 15.7 Å². The highest BCUT2D eigenvalue weighted by Crippen LogP contribution is 2.26. The first-order valence-electron chi connectivity index (χ1n) is 6.48. The van der Waals surface area contributed by atoms with Crippen molar-refractivity contribution in [3.8, 4) is 5.75 Å². The second-order valence-corrected chi connectivity index (χ2v) is 4.58. The standard InChI is InChI=1S/C16H18N2O2/c1-11(14-8-3-4-9-15(14)19)18-13-7-5-6-12(10-13)16(20)17-2/h3-11,18-19H,1-2H3,(H,17,20). The summed E-state index contributed by atoms with van der Waals surface area (Å²) in [6.07, 6.45) is 0. The third kappa shape index (κ3) is 3.09. The molecule has 0 spiro atoms. The Balaban J connectivity index is 2.18. The number of para-hydroxylation sites is 1. The lowest BCUT2D eigenvalue weighted by molar-refractivity contribution is 0.0963. The number of rotatable bonds is 4. The lowest BCUT2D eigenvalue weighted by Crippen LogP contribution is -2.18. The van der Waals surface area contributed by atoms with Gasteiger partial charge in [-0.15, -0.1) is 0 Å². The van der Waals surface area contributed by atoms with Gasteiger partial charge in [0.05, 0.1) is 6.04 Å². The number of phenolic OH excluding ortho intramolecular Hbond substituents is 1. The van der Waals surface area contributed by atoms with Gasteiger partial charge in [-0.25, -0.2) is 0 Å². The van der Waals surface area contributed by atoms with Crippen LogP contribution in [0.25, 0.3) is 0 Å². The molecule has 4 nitrogen and oxygen atoms in total. The lowest BCUT2D eigenvalue weighted by Gasteiger charge is -2.17. The number of carbonyl (C=O) groups excluding carboxylic acids is 1. The highest BCUT2D eigenvalue weighted by molar-refractivity contribution is 5.94. The predicted octanol–water partition coefficient (Wildman–Crippen LogP) is 2.92. The molecule has 2 aromatic rings. The summed E-state index contributed by atoms with van der Waals surface area (Å²) in [5, 5.41) is 15.7. The van der Waals surface area contributed by atoms with Gasteiger partial charge in [0.2, 0.25) is 0 Å². The Bertz CT molecular complexity index is 611. The van der Waals surface area contributed by atoms with E-state index in [1.54, 1.807) is 31.3 Å². The Morgan fingerprint density at radius 2 is 1.90 bits per heavy atom. The maximum Gasteiger partial charge on any atom is 0.251 e. The molecular formula is C16H18N2O2. The minimum atomic E-state index is -0.121. The van der Waals surface area contributed by atoms with Crippen LogP contribution in [0.15, 0.2) is 48.5 Å². The molecule has 0 aromatic heterocycles. The maximum absolute atomic E-state index is 11.6. The molecule has 0 fully saturated rings. The molecule has 4 heteroatoms. The molecule has 1 unspecified atom stereocenters. The quantitative estimate of drug-likeness (QED) is 0.800. The summed E-state index contributed by atoms with van der Waals surface area (Å²) < 4.78 is 0. The molecule has 0 aliphatic heterocycles. The minimum Gasteiger partial charge on any atom is -0.508 e. The number of aromatic hydroxyl groups is 1. The second kappa shape index (κ2) is 6.10. The second-order valence-electron chi connectivity index (χ2n) is 4.58. The molecule has 20 heavy (non-hydrogen) atoms. The van der Waals surface area contributed by atoms with E-state index in [0.717, 1.165) is 11.3 Å². The van der Waals surface area contributed by atoms with Crippen LogP contribution in [0.5, 0.6) is 5.75 Å². The molecule has 0 saturated carbocycles. The van der Waals surface area contributed by atoms with Crippen molar-refractivity contribution in [2.75, 3.05) is 12.4 Å². The predicted molar refractivity (Wildman–Crippen MR) is 80.0 cm³/mol. The fourth-order valence-electron chi connectivity index (χ4n) is 2.08. The Morgan fingerprint density at radius 1 is 1.15 bits per heavy atom. The van der Waals surface area contributed by atoms with E-state index < -0.39 is 0 Å². The van der Waals surface area contributed by atoms with Gasteiger partial charge >= 0.3 is 0 Å². The molecule has 2 rings (SSSR count). The summed E-state index contributed by atoms with van der Waals surface area (Å²) in [5.41, 5.74) is 2.25. The van der Waals surface area contributed by atoms with Crippen molar-refractivity contribution < 1.29 is 9.90 Å². The average Bonchev–Trinajstić information content (AvgIpc) is 2.47. The first-order chi connectivity index (χ1) is 9.61. The number of amides is 1. The Morgan fingerprint density at radius 3 is 2.60 bits per heavy atom. The van der Waals surface area contributed by atoms with Crippen molar-refractivity contribution in [1.82, 2.24) is 5.32 Å². The Kier molecular flexibility index (Phi) is 4.25. The highest BCUT2D eigenvalue weighted by Gasteiger charge is 2.10. The molecule has 1 atom stereocenters. The van der Waals surface area contributed by atoms with Crippen molar-refractivity contribution >= 4 is 11.6 Å². The van der Waals surface area contributed by atoms with E-state index in [4.69, 9.17) is 0 Å². The van der Waals surface area contributed by atoms with Crippen molar-refractivity contribution in [3.63, 3.8) is 0 Å². The molecule has 0 aliphatic carbocycles. The van der Waals surface area contributed by atoms with Crippen molar-refractivity contribution in [1.29, 1.82) is 0 Å². The summed E-state index contributed by atoms with van der Waals surface area (Å²) >= 11 is 0. The number of phenols is 1. The van der Waals surface area contributed by atoms with Gasteiger partial charge in [-0.05, 0) is 31.2 Å². The molecule has 104 valence electrons. The van der Waals surface area contributed by atoms with E-state index in [1.807, 2.05) is 31.2 Å². The fourth-order valence-corrected chi connectivity index (χ4v) is 2.08. The minimum absolute atomic E-state index is 0.0591. The number of anilines is 1. The van der Waals surface area contributed by atoms with Crippen molar-refractivity contribution in [2.24, 2.45) is 0 Å². The van der Waals surface area contributed by atoms with Crippen LogP contribution in [0.1, 0.15) is 28.9 Å². The smallest absolute Gasteiger partial charge is 0.251 e. The number of nitrogens with one attached hydrogen (secondary N) is 2. The molecule has 3 N–H and O–H groups in total. The molecule has 0 aliphatic rings. The SMILES string of the molecule is CNC(=O)c1cccc(NC(C)c2ccccc2O)c1. The first-order valence-corrected chi connectivity index (χ1v) is 6.48. The zero-order chi connectivity index (χ0) is 14.5. The topological polar surface area (TPSA) is 61.4 Å². The first kappa shape index (κ1) is 13.9. The number of hydrogen-bond acceptors (Lipinski definition) is 3. The van der Waals surface area contributed by atoms with Crippen LogP contribution in [0, 0.1) is 0 Å². The van der Waals surface area contributed by atoms with E-state index in [0.29, 0.717) is 5.56 Å². The Labute approximate surface area is 118 Å². The monoisotopic (exact) mass is 270 g/mol. The summed E-state index contributed by atoms with van der Waals surface area (Å²) in [7, 11) is 1.60. The van der Waals surface area contributed by atoms with Gasteiger partial charge in [-0.1, -0.05) is 24.3 Å². The molecule has 1 amide bonds. The van der Waals surface area contributed by atoms with Crippen LogP contribution < -0.4 is 10.6 Å². The van der Waals surface area contributed by atoms with Crippen molar-refractivity contribution in [3.05, 3.63) is 59.7 Å². The fraction of sp³-hybridized carbons (Fsp3) is 0.188. The summed E-state index contributed by atoms with van der Waals surface area (Å²) in [5.74, 6) is 0.138. The lowest BCUT2D eigenvalue weighted by atomic mass is 10.1. The summed E-state index contributed by atoms with van der Waals surface area (Å²) in [6, 6.07) is 14.4. The zero-order valence-electron chi connectivity index (χ0n) is 11.6. The Hall–Kier alpha value is -2.49. The summed E-state index contributed by atoms with van der Waals surface area (Å²) in [4.78, 5) is 11.6. The van der Waals surface area contributed by atoms with Gasteiger partial charge in [0.1, 0.15) is 5.75 Å². The third-order valence-electron chi connectivity index (χ3n) is 3.14. The molecule has 0 radical (unpaired) electrons. The number of benzene rings is 2. The summed E-state index contributed by atoms with van der Waals surface area (Å²) in [6.45, 7) is 1.96. The number of hydrogen-bond donors (Lipinski definition) is 3. The molecule has 0 bridgehead atoms. The van der Waals surface area contributed by atoms with Gasteiger partial charge in [0.25, 0.3) is 5.91 Å². The van der Waals surface area contributed by atoms with Crippen LogP contribution in [-0.4, -0.2) is 18.1 Å². The van der Waals surface area contributed by atoms with E-state index in [1.165, 1.54) is 0 Å². The van der Waals surface area contributed by atoms with Crippen LogP contribution in [0.3, 0.4) is 0 Å². The molecular weight excluding hydrogens is 252 g/mol. The van der Waals surface area contributed by atoms with Gasteiger partial charge in [-0.3, -0.25) is 4.79 Å². The largest absolute Gasteiger partial charge is 0.508 e.